The number of aliphatic imine (C=N–C) groups is 1. The third-order valence-electron chi connectivity index (χ3n) is 4.08. The smallest absolute Gasteiger partial charge is 0.0480 e. The summed E-state index contributed by atoms with van der Waals surface area (Å²) < 4.78 is 0. The first-order valence-corrected chi connectivity index (χ1v) is 7.55. The van der Waals surface area contributed by atoms with Crippen molar-refractivity contribution in [2.24, 2.45) is 10.9 Å². The summed E-state index contributed by atoms with van der Waals surface area (Å²) in [7, 11) is 0. The monoisotopic (exact) mass is 287 g/mol. The zero-order valence-electron chi connectivity index (χ0n) is 12.5. The highest BCUT2D eigenvalue weighted by Crippen LogP contribution is 2.29. The van der Waals surface area contributed by atoms with Gasteiger partial charge in [0.15, 0.2) is 0 Å². The lowest BCUT2D eigenvalue weighted by Crippen LogP contribution is -2.01. The molecule has 0 saturated carbocycles. The summed E-state index contributed by atoms with van der Waals surface area (Å²) in [6, 6.07) is 12.8. The molecule has 3 heterocycles. The largest absolute Gasteiger partial charge is 0.354 e. The van der Waals surface area contributed by atoms with Crippen molar-refractivity contribution in [3.05, 3.63) is 60.6 Å². The molecule has 0 fully saturated rings. The lowest BCUT2D eigenvalue weighted by atomic mass is 9.94. The van der Waals surface area contributed by atoms with Crippen LogP contribution in [0, 0.1) is 5.92 Å². The van der Waals surface area contributed by atoms with Crippen molar-refractivity contribution in [3.8, 4) is 11.3 Å². The molecule has 0 bridgehead atoms. The first-order valence-electron chi connectivity index (χ1n) is 7.55. The zero-order valence-corrected chi connectivity index (χ0v) is 12.5. The van der Waals surface area contributed by atoms with E-state index in [1.165, 1.54) is 16.5 Å². The van der Waals surface area contributed by atoms with Crippen molar-refractivity contribution < 1.29 is 0 Å². The number of aromatic nitrogens is 2. The molecule has 1 aliphatic heterocycles. The molecule has 0 aliphatic carbocycles. The van der Waals surface area contributed by atoms with Crippen LogP contribution in [0.4, 0.5) is 0 Å². The highest BCUT2D eigenvalue weighted by atomic mass is 14.7. The van der Waals surface area contributed by atoms with Gasteiger partial charge in [-0.2, -0.15) is 0 Å². The summed E-state index contributed by atoms with van der Waals surface area (Å²) in [6.45, 7) is 2.20. The van der Waals surface area contributed by atoms with E-state index in [0.29, 0.717) is 5.92 Å². The van der Waals surface area contributed by atoms with Gasteiger partial charge < -0.3 is 4.98 Å². The van der Waals surface area contributed by atoms with Gasteiger partial charge in [-0.05, 0) is 53.8 Å². The molecule has 1 N–H and O–H groups in total. The van der Waals surface area contributed by atoms with E-state index in [1.807, 2.05) is 24.7 Å². The Balaban J connectivity index is 1.76. The Morgan fingerprint density at radius 2 is 2.09 bits per heavy atom. The van der Waals surface area contributed by atoms with Crippen molar-refractivity contribution in [1.29, 1.82) is 0 Å². The molecule has 0 saturated heterocycles. The van der Waals surface area contributed by atoms with Gasteiger partial charge in [0.05, 0.1) is 0 Å². The van der Waals surface area contributed by atoms with Crippen LogP contribution in [0.15, 0.2) is 60.0 Å². The van der Waals surface area contributed by atoms with Gasteiger partial charge >= 0.3 is 0 Å². The van der Waals surface area contributed by atoms with Gasteiger partial charge in [-0.3, -0.25) is 9.98 Å². The molecular formula is C19H17N3. The van der Waals surface area contributed by atoms with Gasteiger partial charge in [0.2, 0.25) is 0 Å². The number of benzene rings is 1. The SMILES string of the molecule is CC1C=NC=C(c2ccc3[nH]c(-c4cccnc4)cc3c2)C1. The average Bonchev–Trinajstić information content (AvgIpc) is 2.99. The zero-order chi connectivity index (χ0) is 14.9. The number of hydrogen-bond acceptors (Lipinski definition) is 2. The molecule has 3 aromatic rings. The number of H-pyrrole nitrogens is 1. The van der Waals surface area contributed by atoms with Crippen molar-refractivity contribution in [1.82, 2.24) is 9.97 Å². The van der Waals surface area contributed by atoms with Crippen LogP contribution in [0.5, 0.6) is 0 Å². The Labute approximate surface area is 129 Å². The summed E-state index contributed by atoms with van der Waals surface area (Å²) in [5, 5.41) is 1.22. The Morgan fingerprint density at radius 1 is 1.14 bits per heavy atom. The average molecular weight is 287 g/mol. The van der Waals surface area contributed by atoms with Crippen LogP contribution >= 0.6 is 0 Å². The van der Waals surface area contributed by atoms with Gasteiger partial charge in [-0.1, -0.05) is 13.0 Å². The van der Waals surface area contributed by atoms with Crippen LogP contribution in [-0.4, -0.2) is 16.2 Å². The van der Waals surface area contributed by atoms with Gasteiger partial charge in [-0.15, -0.1) is 0 Å². The Bertz CT molecular complexity index is 872. The minimum absolute atomic E-state index is 0.507. The Morgan fingerprint density at radius 3 is 2.91 bits per heavy atom. The summed E-state index contributed by atoms with van der Waals surface area (Å²) in [5.41, 5.74) is 5.92. The van der Waals surface area contributed by atoms with Gasteiger partial charge in [0.1, 0.15) is 0 Å². The van der Waals surface area contributed by atoms with E-state index in [1.54, 1.807) is 6.20 Å². The molecule has 22 heavy (non-hydrogen) atoms. The van der Waals surface area contributed by atoms with E-state index < -0.39 is 0 Å². The molecule has 0 amide bonds. The molecule has 1 aromatic carbocycles. The number of aromatic amines is 1. The maximum absolute atomic E-state index is 4.35. The maximum atomic E-state index is 4.35. The molecule has 1 unspecified atom stereocenters. The van der Waals surface area contributed by atoms with Crippen LogP contribution < -0.4 is 0 Å². The fraction of sp³-hybridized carbons (Fsp3) is 0.158. The number of nitrogens with one attached hydrogen (secondary N) is 1. The standard InChI is InChI=1S/C19H17N3/c1-13-7-17(12-21-10-13)14-4-5-18-16(8-14)9-19(22-18)15-3-2-6-20-11-15/h2-6,8-13,22H,7H2,1H3. The van der Waals surface area contributed by atoms with Crippen LogP contribution in [0.25, 0.3) is 27.7 Å². The maximum Gasteiger partial charge on any atom is 0.0480 e. The molecular weight excluding hydrogens is 270 g/mol. The number of hydrogen-bond donors (Lipinski definition) is 1. The predicted molar refractivity (Wildman–Crippen MR) is 91.8 cm³/mol. The number of allylic oxidation sites excluding steroid dienone is 1. The number of nitrogens with zero attached hydrogens (tertiary/aromatic N) is 2. The van der Waals surface area contributed by atoms with Crippen molar-refractivity contribution in [3.63, 3.8) is 0 Å². The quantitative estimate of drug-likeness (QED) is 0.730. The molecule has 4 rings (SSSR count). The molecule has 3 nitrogen and oxygen atoms in total. The summed E-state index contributed by atoms with van der Waals surface area (Å²) in [5.74, 6) is 0.507. The topological polar surface area (TPSA) is 41.0 Å². The lowest BCUT2D eigenvalue weighted by molar-refractivity contribution is 0.809. The van der Waals surface area contributed by atoms with Crippen LogP contribution in [0.2, 0.25) is 0 Å². The van der Waals surface area contributed by atoms with E-state index in [4.69, 9.17) is 0 Å². The van der Waals surface area contributed by atoms with Gasteiger partial charge in [0.25, 0.3) is 0 Å². The molecule has 0 spiro atoms. The number of fused-ring (bicyclic) bond motifs is 1. The highest BCUT2D eigenvalue weighted by molar-refractivity contribution is 5.89. The van der Waals surface area contributed by atoms with E-state index in [0.717, 1.165) is 23.2 Å². The second kappa shape index (κ2) is 5.26. The summed E-state index contributed by atoms with van der Waals surface area (Å²) in [4.78, 5) is 12.0. The van der Waals surface area contributed by atoms with Crippen LogP contribution in [0.3, 0.4) is 0 Å². The molecule has 108 valence electrons. The molecule has 0 radical (unpaired) electrons. The second-order valence-electron chi connectivity index (χ2n) is 5.86. The minimum atomic E-state index is 0.507. The van der Waals surface area contributed by atoms with E-state index >= 15 is 0 Å². The van der Waals surface area contributed by atoms with E-state index in [-0.39, 0.29) is 0 Å². The Kier molecular flexibility index (Phi) is 3.11. The first-order chi connectivity index (χ1) is 10.8. The second-order valence-corrected chi connectivity index (χ2v) is 5.86. The van der Waals surface area contributed by atoms with Crippen LogP contribution in [-0.2, 0) is 0 Å². The first kappa shape index (κ1) is 13.0. The third-order valence-corrected chi connectivity index (χ3v) is 4.08. The summed E-state index contributed by atoms with van der Waals surface area (Å²) in [6.07, 6.45) is 8.72. The minimum Gasteiger partial charge on any atom is -0.354 e. The van der Waals surface area contributed by atoms with Gasteiger partial charge in [0, 0.05) is 47.0 Å². The Hall–Kier alpha value is -2.68. The predicted octanol–water partition coefficient (Wildman–Crippen LogP) is 4.68. The lowest BCUT2D eigenvalue weighted by Gasteiger charge is -2.13. The highest BCUT2D eigenvalue weighted by Gasteiger charge is 2.11. The van der Waals surface area contributed by atoms with Crippen molar-refractivity contribution in [2.75, 3.05) is 0 Å². The van der Waals surface area contributed by atoms with Crippen molar-refractivity contribution >= 4 is 22.7 Å². The number of rotatable bonds is 2. The van der Waals surface area contributed by atoms with Crippen molar-refractivity contribution in [2.45, 2.75) is 13.3 Å². The summed E-state index contributed by atoms with van der Waals surface area (Å²) >= 11 is 0. The van der Waals surface area contributed by atoms with Crippen LogP contribution in [0.1, 0.15) is 18.9 Å². The van der Waals surface area contributed by atoms with E-state index in [9.17, 15) is 0 Å². The fourth-order valence-electron chi connectivity index (χ4n) is 2.93. The third kappa shape index (κ3) is 2.35. The molecule has 3 heteroatoms. The molecule has 1 atom stereocenters. The fourth-order valence-corrected chi connectivity index (χ4v) is 2.93. The normalized spacial score (nSPS) is 17.7. The number of pyridine rings is 1. The molecule has 1 aliphatic rings. The van der Waals surface area contributed by atoms with E-state index in [2.05, 4.69) is 52.2 Å². The molecule has 2 aromatic heterocycles. The van der Waals surface area contributed by atoms with Gasteiger partial charge in [-0.25, -0.2) is 0 Å².